The van der Waals surface area contributed by atoms with E-state index in [-0.39, 0.29) is 37.0 Å². The standard InChI is InChI=1S/C16H25FN2O3/c1-16(2,3)14(20)9-19-15(21)18-8-11-5-6-13(17)12(7-11)10-22-4/h5-7,14,20H,8-10H2,1-4H3,(H2,18,19,21). The van der Waals surface area contributed by atoms with Gasteiger partial charge in [0, 0.05) is 25.8 Å². The fraction of sp³-hybridized carbons (Fsp3) is 0.562. The first-order valence-corrected chi connectivity index (χ1v) is 7.20. The van der Waals surface area contributed by atoms with Crippen LogP contribution in [0.5, 0.6) is 0 Å². The Morgan fingerprint density at radius 1 is 1.36 bits per heavy atom. The highest BCUT2D eigenvalue weighted by Crippen LogP contribution is 2.18. The van der Waals surface area contributed by atoms with Crippen LogP contribution < -0.4 is 10.6 Å². The molecular weight excluding hydrogens is 287 g/mol. The van der Waals surface area contributed by atoms with Crippen LogP contribution in [-0.2, 0) is 17.9 Å². The van der Waals surface area contributed by atoms with E-state index >= 15 is 0 Å². The molecule has 0 saturated carbocycles. The summed E-state index contributed by atoms with van der Waals surface area (Å²) in [5.41, 5.74) is 0.935. The van der Waals surface area contributed by atoms with Crippen LogP contribution in [0.1, 0.15) is 31.9 Å². The summed E-state index contributed by atoms with van der Waals surface area (Å²) in [7, 11) is 1.50. The third-order valence-corrected chi connectivity index (χ3v) is 3.32. The van der Waals surface area contributed by atoms with Crippen molar-refractivity contribution in [3.8, 4) is 0 Å². The number of hydrogen-bond acceptors (Lipinski definition) is 3. The lowest BCUT2D eigenvalue weighted by atomic mass is 9.89. The number of aliphatic hydroxyl groups is 1. The third-order valence-electron chi connectivity index (χ3n) is 3.32. The molecule has 3 N–H and O–H groups in total. The number of aliphatic hydroxyl groups excluding tert-OH is 1. The molecule has 22 heavy (non-hydrogen) atoms. The van der Waals surface area contributed by atoms with Crippen LogP contribution in [0.15, 0.2) is 18.2 Å². The Morgan fingerprint density at radius 3 is 2.64 bits per heavy atom. The van der Waals surface area contributed by atoms with Crippen molar-refractivity contribution in [1.82, 2.24) is 10.6 Å². The number of amides is 2. The van der Waals surface area contributed by atoms with Crippen LogP contribution in [0.25, 0.3) is 0 Å². The Labute approximate surface area is 130 Å². The molecule has 0 saturated heterocycles. The molecule has 1 aromatic rings. The molecule has 6 heteroatoms. The number of carbonyl (C=O) groups excluding carboxylic acids is 1. The smallest absolute Gasteiger partial charge is 0.315 e. The second-order valence-corrected chi connectivity index (χ2v) is 6.30. The summed E-state index contributed by atoms with van der Waals surface area (Å²) >= 11 is 0. The largest absolute Gasteiger partial charge is 0.391 e. The molecule has 0 fully saturated rings. The fourth-order valence-corrected chi connectivity index (χ4v) is 1.74. The molecule has 1 rings (SSSR count). The number of benzene rings is 1. The zero-order chi connectivity index (χ0) is 16.8. The molecule has 0 spiro atoms. The van der Waals surface area contributed by atoms with Crippen molar-refractivity contribution < 1.29 is 19.0 Å². The van der Waals surface area contributed by atoms with Crippen LogP contribution in [0, 0.1) is 11.2 Å². The zero-order valence-electron chi connectivity index (χ0n) is 13.6. The Hall–Kier alpha value is -1.66. The zero-order valence-corrected chi connectivity index (χ0v) is 13.6. The van der Waals surface area contributed by atoms with E-state index < -0.39 is 6.10 Å². The lowest BCUT2D eigenvalue weighted by Gasteiger charge is -2.25. The molecule has 124 valence electrons. The fourth-order valence-electron chi connectivity index (χ4n) is 1.74. The van der Waals surface area contributed by atoms with Gasteiger partial charge in [-0.05, 0) is 23.1 Å². The van der Waals surface area contributed by atoms with Gasteiger partial charge in [0.05, 0.1) is 12.7 Å². The highest BCUT2D eigenvalue weighted by atomic mass is 19.1. The van der Waals surface area contributed by atoms with Gasteiger partial charge >= 0.3 is 6.03 Å². The maximum Gasteiger partial charge on any atom is 0.315 e. The van der Waals surface area contributed by atoms with Crippen molar-refractivity contribution in [3.63, 3.8) is 0 Å². The first-order chi connectivity index (χ1) is 10.2. The Bertz CT molecular complexity index is 501. The monoisotopic (exact) mass is 312 g/mol. The van der Waals surface area contributed by atoms with Crippen molar-refractivity contribution in [2.24, 2.45) is 5.41 Å². The van der Waals surface area contributed by atoms with E-state index in [2.05, 4.69) is 10.6 Å². The number of ether oxygens (including phenoxy) is 1. The highest BCUT2D eigenvalue weighted by molar-refractivity contribution is 5.73. The quantitative estimate of drug-likeness (QED) is 0.754. The third kappa shape index (κ3) is 5.99. The number of nitrogens with one attached hydrogen (secondary N) is 2. The summed E-state index contributed by atoms with van der Waals surface area (Å²) in [4.78, 5) is 11.7. The van der Waals surface area contributed by atoms with Gasteiger partial charge in [-0.1, -0.05) is 26.8 Å². The van der Waals surface area contributed by atoms with E-state index in [4.69, 9.17) is 4.74 Å². The van der Waals surface area contributed by atoms with Crippen molar-refractivity contribution in [2.75, 3.05) is 13.7 Å². The molecule has 1 unspecified atom stereocenters. The van der Waals surface area contributed by atoms with E-state index in [0.29, 0.717) is 5.56 Å². The molecule has 0 aliphatic heterocycles. The molecule has 0 heterocycles. The van der Waals surface area contributed by atoms with Crippen LogP contribution >= 0.6 is 0 Å². The summed E-state index contributed by atoms with van der Waals surface area (Å²) in [6.45, 7) is 6.32. The number of rotatable bonds is 6. The lowest BCUT2D eigenvalue weighted by Crippen LogP contribution is -2.43. The number of hydrogen-bond donors (Lipinski definition) is 3. The van der Waals surface area contributed by atoms with Gasteiger partial charge in [-0.2, -0.15) is 0 Å². The molecule has 5 nitrogen and oxygen atoms in total. The average Bonchev–Trinajstić information content (AvgIpc) is 2.44. The van der Waals surface area contributed by atoms with Crippen molar-refractivity contribution in [2.45, 2.75) is 40.0 Å². The van der Waals surface area contributed by atoms with Gasteiger partial charge in [0.25, 0.3) is 0 Å². The molecular formula is C16H25FN2O3. The molecule has 2 amide bonds. The molecule has 0 bridgehead atoms. The van der Waals surface area contributed by atoms with Crippen LogP contribution in [0.4, 0.5) is 9.18 Å². The van der Waals surface area contributed by atoms with Crippen molar-refractivity contribution in [3.05, 3.63) is 35.1 Å². The predicted octanol–water partition coefficient (Wildman–Crippen LogP) is 2.18. The molecule has 0 aliphatic rings. The minimum atomic E-state index is -0.627. The first-order valence-electron chi connectivity index (χ1n) is 7.20. The molecule has 1 aromatic carbocycles. The van der Waals surface area contributed by atoms with Gasteiger partial charge in [-0.25, -0.2) is 9.18 Å². The Kier molecular flexibility index (Phi) is 6.77. The van der Waals surface area contributed by atoms with Gasteiger partial charge in [0.15, 0.2) is 0 Å². The van der Waals surface area contributed by atoms with E-state index in [9.17, 15) is 14.3 Å². The second kappa shape index (κ2) is 8.10. The van der Waals surface area contributed by atoms with Crippen LogP contribution in [-0.4, -0.2) is 30.9 Å². The van der Waals surface area contributed by atoms with Gasteiger partial charge in [-0.3, -0.25) is 0 Å². The number of urea groups is 1. The molecule has 1 atom stereocenters. The van der Waals surface area contributed by atoms with E-state index in [0.717, 1.165) is 5.56 Å². The topological polar surface area (TPSA) is 70.6 Å². The van der Waals surface area contributed by atoms with E-state index in [1.165, 1.54) is 13.2 Å². The number of carbonyl (C=O) groups is 1. The SMILES string of the molecule is COCc1cc(CNC(=O)NCC(O)C(C)(C)C)ccc1F. The number of methoxy groups -OCH3 is 1. The van der Waals surface area contributed by atoms with E-state index in [1.807, 2.05) is 20.8 Å². The summed E-state index contributed by atoms with van der Waals surface area (Å²) in [6.07, 6.45) is -0.627. The molecule has 0 aliphatic carbocycles. The van der Waals surface area contributed by atoms with Gasteiger partial charge < -0.3 is 20.5 Å². The summed E-state index contributed by atoms with van der Waals surface area (Å²) in [6, 6.07) is 4.25. The average molecular weight is 312 g/mol. The normalized spacial score (nSPS) is 12.8. The minimum Gasteiger partial charge on any atom is -0.391 e. The maximum absolute atomic E-state index is 13.5. The highest BCUT2D eigenvalue weighted by Gasteiger charge is 2.22. The maximum atomic E-state index is 13.5. The lowest BCUT2D eigenvalue weighted by molar-refractivity contribution is 0.0650. The number of halogens is 1. The summed E-state index contributed by atoms with van der Waals surface area (Å²) < 4.78 is 18.4. The molecule has 0 radical (unpaired) electrons. The van der Waals surface area contributed by atoms with Crippen molar-refractivity contribution in [1.29, 1.82) is 0 Å². The predicted molar refractivity (Wildman–Crippen MR) is 82.8 cm³/mol. The molecule has 0 aromatic heterocycles. The van der Waals surface area contributed by atoms with Crippen molar-refractivity contribution >= 4 is 6.03 Å². The van der Waals surface area contributed by atoms with Gasteiger partial charge in [0.2, 0.25) is 0 Å². The van der Waals surface area contributed by atoms with Gasteiger partial charge in [-0.15, -0.1) is 0 Å². The van der Waals surface area contributed by atoms with E-state index in [1.54, 1.807) is 12.1 Å². The second-order valence-electron chi connectivity index (χ2n) is 6.30. The van der Waals surface area contributed by atoms with Crippen LogP contribution in [0.3, 0.4) is 0 Å². The van der Waals surface area contributed by atoms with Gasteiger partial charge in [0.1, 0.15) is 5.82 Å². The first kappa shape index (κ1) is 18.4. The summed E-state index contributed by atoms with van der Waals surface area (Å²) in [5.74, 6) is -0.330. The summed E-state index contributed by atoms with van der Waals surface area (Å²) in [5, 5.41) is 15.1. The van der Waals surface area contributed by atoms with Crippen LogP contribution in [0.2, 0.25) is 0 Å². The Morgan fingerprint density at radius 2 is 2.05 bits per heavy atom. The Balaban J connectivity index is 2.46. The minimum absolute atomic E-state index is 0.174.